The molecule has 1 aromatic rings. The van der Waals surface area contributed by atoms with Gasteiger partial charge in [-0.3, -0.25) is 4.90 Å². The Balaban J connectivity index is 1.61. The van der Waals surface area contributed by atoms with Gasteiger partial charge in [0, 0.05) is 57.8 Å². The van der Waals surface area contributed by atoms with E-state index < -0.39 is 9.84 Å². The van der Waals surface area contributed by atoms with Crippen molar-refractivity contribution in [3.63, 3.8) is 0 Å². The summed E-state index contributed by atoms with van der Waals surface area (Å²) in [6, 6.07) is 10.5. The highest BCUT2D eigenvalue weighted by atomic mass is 32.2. The Morgan fingerprint density at radius 2 is 1.71 bits per heavy atom. The summed E-state index contributed by atoms with van der Waals surface area (Å²) in [4.78, 5) is 4.83. The van der Waals surface area contributed by atoms with Gasteiger partial charge in [0.1, 0.15) is 9.84 Å². The number of anilines is 1. The third kappa shape index (κ3) is 6.03. The molecule has 1 saturated heterocycles. The summed E-state index contributed by atoms with van der Waals surface area (Å²) in [5.41, 5.74) is 1.29. The molecule has 1 N–H and O–H groups in total. The summed E-state index contributed by atoms with van der Waals surface area (Å²) >= 11 is 0. The average Bonchev–Trinajstić information content (AvgIpc) is 2.47. The minimum Gasteiger partial charge on any atom is -0.369 e. The van der Waals surface area contributed by atoms with Gasteiger partial charge < -0.3 is 10.2 Å². The number of benzene rings is 1. The molecule has 0 aliphatic carbocycles. The molecule has 0 saturated carbocycles. The average molecular weight is 311 g/mol. The molecule has 0 bridgehead atoms. The lowest BCUT2D eigenvalue weighted by Crippen LogP contribution is -2.48. The minimum atomic E-state index is -2.85. The Kier molecular flexibility index (Phi) is 6.02. The molecule has 2 rings (SSSR count). The lowest BCUT2D eigenvalue weighted by molar-refractivity contribution is 0.258. The van der Waals surface area contributed by atoms with E-state index in [4.69, 9.17) is 0 Å². The number of hydrogen-bond donors (Lipinski definition) is 1. The Morgan fingerprint density at radius 1 is 1.05 bits per heavy atom. The number of hydrogen-bond acceptors (Lipinski definition) is 5. The minimum absolute atomic E-state index is 0.217. The molecule has 0 radical (unpaired) electrons. The van der Waals surface area contributed by atoms with Gasteiger partial charge in [0.15, 0.2) is 0 Å². The van der Waals surface area contributed by atoms with Crippen molar-refractivity contribution in [1.29, 1.82) is 0 Å². The second-order valence-corrected chi connectivity index (χ2v) is 7.80. The monoisotopic (exact) mass is 311 g/mol. The van der Waals surface area contributed by atoms with E-state index in [1.165, 1.54) is 11.9 Å². The highest BCUT2D eigenvalue weighted by Gasteiger charge is 2.16. The van der Waals surface area contributed by atoms with E-state index >= 15 is 0 Å². The Hall–Kier alpha value is -1.11. The van der Waals surface area contributed by atoms with Crippen LogP contribution in [0.3, 0.4) is 0 Å². The predicted molar refractivity (Wildman–Crippen MR) is 87.7 cm³/mol. The SMILES string of the molecule is CS(=O)(=O)CCNCCN1CCN(c2ccccc2)CC1. The molecule has 0 amide bonds. The normalized spacial score (nSPS) is 17.1. The van der Waals surface area contributed by atoms with Crippen LogP contribution in [0.1, 0.15) is 0 Å². The van der Waals surface area contributed by atoms with Crippen LogP contribution in [0, 0.1) is 0 Å². The summed E-state index contributed by atoms with van der Waals surface area (Å²) in [7, 11) is -2.85. The van der Waals surface area contributed by atoms with Crippen LogP contribution in [-0.4, -0.2) is 71.1 Å². The molecule has 1 aromatic carbocycles. The van der Waals surface area contributed by atoms with Crippen LogP contribution in [-0.2, 0) is 9.84 Å². The van der Waals surface area contributed by atoms with Crippen LogP contribution in [0.2, 0.25) is 0 Å². The number of nitrogens with zero attached hydrogens (tertiary/aromatic N) is 2. The number of para-hydroxylation sites is 1. The van der Waals surface area contributed by atoms with Gasteiger partial charge in [-0.15, -0.1) is 0 Å². The van der Waals surface area contributed by atoms with Crippen molar-refractivity contribution < 1.29 is 8.42 Å². The fraction of sp³-hybridized carbons (Fsp3) is 0.600. The van der Waals surface area contributed by atoms with Crippen molar-refractivity contribution in [2.75, 3.05) is 62.7 Å². The van der Waals surface area contributed by atoms with Crippen molar-refractivity contribution in [2.45, 2.75) is 0 Å². The van der Waals surface area contributed by atoms with Gasteiger partial charge in [0.25, 0.3) is 0 Å². The maximum atomic E-state index is 11.0. The van der Waals surface area contributed by atoms with Crippen LogP contribution in [0.25, 0.3) is 0 Å². The van der Waals surface area contributed by atoms with Gasteiger partial charge in [0.05, 0.1) is 5.75 Å². The van der Waals surface area contributed by atoms with Gasteiger partial charge in [-0.25, -0.2) is 8.42 Å². The second kappa shape index (κ2) is 7.77. The number of piperazine rings is 1. The first-order valence-corrected chi connectivity index (χ1v) is 9.51. The summed E-state index contributed by atoms with van der Waals surface area (Å²) in [5, 5.41) is 3.20. The first-order valence-electron chi connectivity index (χ1n) is 7.45. The number of nitrogens with one attached hydrogen (secondary N) is 1. The molecule has 1 heterocycles. The standard InChI is InChI=1S/C15H25N3O2S/c1-21(19,20)14-8-16-7-9-17-10-12-18(13-11-17)15-5-3-2-4-6-15/h2-6,16H,7-14H2,1H3. The quantitative estimate of drug-likeness (QED) is 0.741. The zero-order valence-electron chi connectivity index (χ0n) is 12.7. The fourth-order valence-electron chi connectivity index (χ4n) is 2.49. The molecule has 5 nitrogen and oxygen atoms in total. The van der Waals surface area contributed by atoms with E-state index in [1.54, 1.807) is 0 Å². The van der Waals surface area contributed by atoms with Gasteiger partial charge in [0.2, 0.25) is 0 Å². The molecule has 118 valence electrons. The zero-order chi connectivity index (χ0) is 15.1. The highest BCUT2D eigenvalue weighted by Crippen LogP contribution is 2.15. The molecule has 0 aromatic heterocycles. The van der Waals surface area contributed by atoms with Crippen LogP contribution in [0.15, 0.2) is 30.3 Å². The molecule has 6 heteroatoms. The Morgan fingerprint density at radius 3 is 2.33 bits per heavy atom. The number of sulfone groups is 1. The summed E-state index contributed by atoms with van der Waals surface area (Å²) in [6.45, 7) is 6.59. The molecule has 0 unspecified atom stereocenters. The van der Waals surface area contributed by atoms with Crippen molar-refractivity contribution in [3.05, 3.63) is 30.3 Å². The smallest absolute Gasteiger partial charge is 0.148 e. The third-order valence-corrected chi connectivity index (χ3v) is 4.69. The van der Waals surface area contributed by atoms with E-state index in [0.29, 0.717) is 6.54 Å². The largest absolute Gasteiger partial charge is 0.369 e. The molecular formula is C15H25N3O2S. The van der Waals surface area contributed by atoms with E-state index in [0.717, 1.165) is 39.3 Å². The predicted octanol–water partition coefficient (Wildman–Crippen LogP) is 0.443. The Bertz CT molecular complexity index is 511. The topological polar surface area (TPSA) is 52.7 Å². The van der Waals surface area contributed by atoms with Crippen LogP contribution >= 0.6 is 0 Å². The van der Waals surface area contributed by atoms with Crippen LogP contribution < -0.4 is 10.2 Å². The van der Waals surface area contributed by atoms with Crippen LogP contribution in [0.5, 0.6) is 0 Å². The maximum Gasteiger partial charge on any atom is 0.148 e. The van der Waals surface area contributed by atoms with Gasteiger partial charge >= 0.3 is 0 Å². The fourth-order valence-corrected chi connectivity index (χ4v) is 3.00. The van der Waals surface area contributed by atoms with Gasteiger partial charge in [-0.2, -0.15) is 0 Å². The molecule has 0 atom stereocenters. The lowest BCUT2D eigenvalue weighted by atomic mass is 10.2. The first-order chi connectivity index (χ1) is 10.0. The maximum absolute atomic E-state index is 11.0. The van der Waals surface area contributed by atoms with Crippen LogP contribution in [0.4, 0.5) is 5.69 Å². The van der Waals surface area contributed by atoms with E-state index in [1.807, 2.05) is 6.07 Å². The molecule has 1 aliphatic rings. The van der Waals surface area contributed by atoms with Gasteiger partial charge in [-0.1, -0.05) is 18.2 Å². The van der Waals surface area contributed by atoms with Crippen molar-refractivity contribution in [3.8, 4) is 0 Å². The summed E-state index contributed by atoms with van der Waals surface area (Å²) in [5.74, 6) is 0.217. The van der Waals surface area contributed by atoms with Crippen molar-refractivity contribution in [2.24, 2.45) is 0 Å². The molecule has 1 aliphatic heterocycles. The van der Waals surface area contributed by atoms with Gasteiger partial charge in [-0.05, 0) is 12.1 Å². The summed E-state index contributed by atoms with van der Waals surface area (Å²) < 4.78 is 22.0. The Labute approximate surface area is 127 Å². The highest BCUT2D eigenvalue weighted by molar-refractivity contribution is 7.90. The lowest BCUT2D eigenvalue weighted by Gasteiger charge is -2.36. The first kappa shape index (κ1) is 16.3. The van der Waals surface area contributed by atoms with E-state index in [9.17, 15) is 8.42 Å². The third-order valence-electron chi connectivity index (χ3n) is 3.75. The zero-order valence-corrected chi connectivity index (χ0v) is 13.5. The summed E-state index contributed by atoms with van der Waals surface area (Å²) in [6.07, 6.45) is 1.28. The molecular weight excluding hydrogens is 286 g/mol. The number of rotatable bonds is 7. The molecule has 21 heavy (non-hydrogen) atoms. The van der Waals surface area contributed by atoms with E-state index in [2.05, 4.69) is 39.4 Å². The second-order valence-electron chi connectivity index (χ2n) is 5.54. The molecule has 1 fully saturated rings. The molecule has 0 spiro atoms. The van der Waals surface area contributed by atoms with Crippen molar-refractivity contribution in [1.82, 2.24) is 10.2 Å². The van der Waals surface area contributed by atoms with E-state index in [-0.39, 0.29) is 5.75 Å². The van der Waals surface area contributed by atoms with Crippen molar-refractivity contribution >= 4 is 15.5 Å².